The zero-order valence-electron chi connectivity index (χ0n) is 14.0. The van der Waals surface area contributed by atoms with Gasteiger partial charge in [-0.05, 0) is 25.1 Å². The van der Waals surface area contributed by atoms with Crippen molar-refractivity contribution >= 4 is 51.1 Å². The van der Waals surface area contributed by atoms with Crippen LogP contribution in [0.1, 0.15) is 12.5 Å². The zero-order chi connectivity index (χ0) is 19.4. The average molecular weight is 402 g/mol. The van der Waals surface area contributed by atoms with E-state index in [-0.39, 0.29) is 22.9 Å². The van der Waals surface area contributed by atoms with Crippen molar-refractivity contribution in [2.75, 3.05) is 0 Å². The first-order valence-corrected chi connectivity index (χ1v) is 9.46. The lowest BCUT2D eigenvalue weighted by Crippen LogP contribution is -2.26. The van der Waals surface area contributed by atoms with Gasteiger partial charge in [0.1, 0.15) is 5.75 Å². The van der Waals surface area contributed by atoms with Crippen LogP contribution in [0.15, 0.2) is 51.9 Å². The zero-order valence-corrected chi connectivity index (χ0v) is 15.7. The highest BCUT2D eigenvalue weighted by molar-refractivity contribution is 8.02. The average Bonchev–Trinajstić information content (AvgIpc) is 3.05. The van der Waals surface area contributed by atoms with E-state index in [1.807, 2.05) is 24.3 Å². The number of hydrogen-bond donors (Lipinski definition) is 2. The Bertz CT molecular complexity index is 1000. The van der Waals surface area contributed by atoms with Crippen LogP contribution in [0.2, 0.25) is 0 Å². The normalized spacial score (nSPS) is 12.3. The van der Waals surface area contributed by atoms with Gasteiger partial charge in [-0.25, -0.2) is 10.4 Å². The number of fused-ring (bicyclic) bond motifs is 1. The van der Waals surface area contributed by atoms with E-state index in [0.29, 0.717) is 0 Å². The Morgan fingerprint density at radius 3 is 2.93 bits per heavy atom. The monoisotopic (exact) mass is 402 g/mol. The van der Waals surface area contributed by atoms with Gasteiger partial charge in [0, 0.05) is 17.7 Å². The summed E-state index contributed by atoms with van der Waals surface area (Å²) in [5.41, 5.74) is 3.21. The van der Waals surface area contributed by atoms with Crippen LogP contribution in [-0.4, -0.2) is 32.4 Å². The molecule has 0 saturated heterocycles. The maximum Gasteiger partial charge on any atom is 0.270 e. The van der Waals surface area contributed by atoms with Crippen LogP contribution < -0.4 is 5.43 Å². The van der Waals surface area contributed by atoms with E-state index in [1.165, 1.54) is 41.3 Å². The van der Waals surface area contributed by atoms with Crippen molar-refractivity contribution in [1.29, 1.82) is 0 Å². The number of thioether (sulfide) groups is 1. The van der Waals surface area contributed by atoms with Crippen molar-refractivity contribution in [3.8, 4) is 5.75 Å². The van der Waals surface area contributed by atoms with E-state index in [0.717, 1.165) is 20.8 Å². The van der Waals surface area contributed by atoms with Gasteiger partial charge < -0.3 is 5.11 Å². The largest absolute Gasteiger partial charge is 0.507 e. The lowest BCUT2D eigenvalue weighted by Gasteiger charge is -2.06. The highest BCUT2D eigenvalue weighted by Gasteiger charge is 2.16. The van der Waals surface area contributed by atoms with Gasteiger partial charge in [-0.1, -0.05) is 23.9 Å². The number of nitro groups is 1. The van der Waals surface area contributed by atoms with Gasteiger partial charge >= 0.3 is 0 Å². The van der Waals surface area contributed by atoms with Crippen LogP contribution >= 0.6 is 23.1 Å². The maximum atomic E-state index is 12.2. The molecule has 1 amide bonds. The quantitative estimate of drug-likeness (QED) is 0.282. The Kier molecular flexibility index (Phi) is 5.67. The third-order valence-electron chi connectivity index (χ3n) is 3.52. The van der Waals surface area contributed by atoms with E-state index in [1.54, 1.807) is 6.92 Å². The number of non-ortho nitro benzene ring substituents is 1. The number of thiazole rings is 1. The Labute approximate surface area is 162 Å². The number of aromatic nitrogens is 1. The van der Waals surface area contributed by atoms with Gasteiger partial charge in [-0.2, -0.15) is 5.10 Å². The number of phenolic OH excluding ortho intramolecular Hbond substituents is 1. The van der Waals surface area contributed by atoms with Crippen LogP contribution in [0.25, 0.3) is 10.2 Å². The van der Waals surface area contributed by atoms with Gasteiger partial charge in [-0.3, -0.25) is 14.9 Å². The van der Waals surface area contributed by atoms with Crippen LogP contribution in [0.3, 0.4) is 0 Å². The molecule has 1 aromatic heterocycles. The minimum absolute atomic E-state index is 0.135. The number of carbonyl (C=O) groups excluding carboxylic acids is 1. The topological polar surface area (TPSA) is 118 Å². The fourth-order valence-electron chi connectivity index (χ4n) is 2.12. The first-order chi connectivity index (χ1) is 12.9. The molecule has 138 valence electrons. The number of carbonyl (C=O) groups is 1. The molecule has 0 aliphatic heterocycles. The molecule has 0 bridgehead atoms. The minimum atomic E-state index is -0.577. The molecular formula is C17H14N4O4S2. The summed E-state index contributed by atoms with van der Waals surface area (Å²) in [6.45, 7) is 1.73. The fourth-order valence-corrected chi connectivity index (χ4v) is 4.33. The lowest BCUT2D eigenvalue weighted by molar-refractivity contribution is -0.384. The van der Waals surface area contributed by atoms with Gasteiger partial charge in [0.2, 0.25) is 0 Å². The molecule has 0 saturated carbocycles. The second kappa shape index (κ2) is 8.14. The van der Waals surface area contributed by atoms with Crippen LogP contribution in [0, 0.1) is 10.1 Å². The number of nitrogens with zero attached hydrogens (tertiary/aromatic N) is 3. The Balaban J connectivity index is 1.62. The van der Waals surface area contributed by atoms with E-state index in [4.69, 9.17) is 0 Å². The molecule has 27 heavy (non-hydrogen) atoms. The van der Waals surface area contributed by atoms with Gasteiger partial charge in [0.15, 0.2) is 4.34 Å². The van der Waals surface area contributed by atoms with E-state index >= 15 is 0 Å². The third-order valence-corrected chi connectivity index (χ3v) is 5.75. The van der Waals surface area contributed by atoms with Gasteiger partial charge in [-0.15, -0.1) is 11.3 Å². The number of nitro benzene ring substituents is 1. The molecule has 2 N–H and O–H groups in total. The van der Waals surface area contributed by atoms with Crippen molar-refractivity contribution in [2.24, 2.45) is 5.10 Å². The van der Waals surface area contributed by atoms with Crippen molar-refractivity contribution in [2.45, 2.75) is 16.5 Å². The smallest absolute Gasteiger partial charge is 0.270 e. The van der Waals surface area contributed by atoms with Crippen LogP contribution in [0.5, 0.6) is 5.75 Å². The predicted octanol–water partition coefficient (Wildman–Crippen LogP) is 3.54. The SMILES string of the molecule is CC(Sc1nc2ccccc2s1)C(=O)NN=Cc1cc([N+](=O)[O-])ccc1O. The van der Waals surface area contributed by atoms with Crippen molar-refractivity contribution < 1.29 is 14.8 Å². The third kappa shape index (κ3) is 4.60. The summed E-state index contributed by atoms with van der Waals surface area (Å²) < 4.78 is 1.82. The number of phenols is 1. The summed E-state index contributed by atoms with van der Waals surface area (Å²) >= 11 is 2.82. The minimum Gasteiger partial charge on any atom is -0.507 e. The first-order valence-electron chi connectivity index (χ1n) is 7.76. The lowest BCUT2D eigenvalue weighted by atomic mass is 10.2. The molecule has 3 aromatic rings. The molecule has 8 nitrogen and oxygen atoms in total. The van der Waals surface area contributed by atoms with E-state index in [2.05, 4.69) is 15.5 Å². The number of nitrogens with one attached hydrogen (secondary N) is 1. The number of rotatable bonds is 6. The van der Waals surface area contributed by atoms with Crippen LogP contribution in [-0.2, 0) is 4.79 Å². The number of aromatic hydroxyl groups is 1. The number of hydrogen-bond acceptors (Lipinski definition) is 8. The predicted molar refractivity (Wildman–Crippen MR) is 105 cm³/mol. The van der Waals surface area contributed by atoms with Crippen molar-refractivity contribution in [3.63, 3.8) is 0 Å². The molecule has 1 atom stereocenters. The molecule has 0 aliphatic carbocycles. The maximum absolute atomic E-state index is 12.2. The number of amides is 1. The van der Waals surface area contributed by atoms with Crippen LogP contribution in [0.4, 0.5) is 5.69 Å². The molecular weight excluding hydrogens is 388 g/mol. The molecule has 2 aromatic carbocycles. The highest BCUT2D eigenvalue weighted by atomic mass is 32.2. The Morgan fingerprint density at radius 1 is 1.41 bits per heavy atom. The number of para-hydroxylation sites is 1. The summed E-state index contributed by atoms with van der Waals surface area (Å²) in [4.78, 5) is 26.8. The fraction of sp³-hybridized carbons (Fsp3) is 0.118. The van der Waals surface area contributed by atoms with E-state index < -0.39 is 10.2 Å². The summed E-state index contributed by atoms with van der Waals surface area (Å²) in [6, 6.07) is 11.3. The summed E-state index contributed by atoms with van der Waals surface area (Å²) in [7, 11) is 0. The Morgan fingerprint density at radius 2 is 2.19 bits per heavy atom. The molecule has 1 heterocycles. The highest BCUT2D eigenvalue weighted by Crippen LogP contribution is 2.31. The van der Waals surface area contributed by atoms with E-state index in [9.17, 15) is 20.0 Å². The molecule has 0 radical (unpaired) electrons. The molecule has 1 unspecified atom stereocenters. The summed E-state index contributed by atoms with van der Waals surface area (Å²) in [5, 5.41) is 23.8. The summed E-state index contributed by atoms with van der Waals surface area (Å²) in [6.07, 6.45) is 1.16. The first kappa shape index (κ1) is 18.8. The summed E-state index contributed by atoms with van der Waals surface area (Å²) in [5.74, 6) is -0.518. The number of hydrazone groups is 1. The Hall–Kier alpha value is -2.98. The second-order valence-corrected chi connectivity index (χ2v) is 8.06. The molecule has 10 heteroatoms. The van der Waals surface area contributed by atoms with Gasteiger partial charge in [0.25, 0.3) is 11.6 Å². The van der Waals surface area contributed by atoms with Gasteiger partial charge in [0.05, 0.1) is 26.6 Å². The molecule has 3 rings (SSSR count). The molecule has 0 spiro atoms. The van der Waals surface area contributed by atoms with Crippen molar-refractivity contribution in [3.05, 3.63) is 58.1 Å². The second-order valence-electron chi connectivity index (χ2n) is 5.44. The molecule has 0 fully saturated rings. The standard InChI is InChI=1S/C17H14N4O4S2/c1-10(26-17-19-13-4-2-3-5-15(13)27-17)16(23)20-18-9-11-8-12(21(24)25)6-7-14(11)22/h2-10,22H,1H3,(H,20,23). The molecule has 0 aliphatic rings. The number of benzene rings is 2. The van der Waals surface area contributed by atoms with Crippen molar-refractivity contribution in [1.82, 2.24) is 10.4 Å².